The number of nitrogens with zero attached hydrogens (tertiary/aromatic N) is 1. The molecule has 3 heteroatoms. The first kappa shape index (κ1) is 15.5. The van der Waals surface area contributed by atoms with Gasteiger partial charge in [-0.15, -0.1) is 0 Å². The normalized spacial score (nSPS) is 16.1. The standard InChI is InChI=1S/C17H28N2O/c1-19(17-9-5-6-10-17)12-11-18-13-15-7-3-4-8-16(15)14-20-2/h3-4,7-8,17-18H,5-6,9-14H2,1-2H3. The zero-order valence-corrected chi connectivity index (χ0v) is 12.9. The monoisotopic (exact) mass is 276 g/mol. The first-order valence-electron chi connectivity index (χ1n) is 7.78. The molecule has 1 aromatic carbocycles. The Morgan fingerprint density at radius 2 is 1.90 bits per heavy atom. The summed E-state index contributed by atoms with van der Waals surface area (Å²) < 4.78 is 5.24. The third kappa shape index (κ3) is 4.58. The summed E-state index contributed by atoms with van der Waals surface area (Å²) in [5.41, 5.74) is 2.63. The Morgan fingerprint density at radius 1 is 1.20 bits per heavy atom. The Labute approximate surface area is 123 Å². The number of hydrogen-bond acceptors (Lipinski definition) is 3. The van der Waals surface area contributed by atoms with Gasteiger partial charge in [0.15, 0.2) is 0 Å². The molecule has 0 amide bonds. The molecular weight excluding hydrogens is 248 g/mol. The maximum atomic E-state index is 5.24. The Bertz CT molecular complexity index is 388. The molecule has 20 heavy (non-hydrogen) atoms. The Balaban J connectivity index is 1.70. The first-order valence-corrected chi connectivity index (χ1v) is 7.78. The van der Waals surface area contributed by atoms with Crippen molar-refractivity contribution < 1.29 is 4.74 Å². The van der Waals surface area contributed by atoms with Crippen LogP contribution in [0.3, 0.4) is 0 Å². The molecule has 0 unspecified atom stereocenters. The topological polar surface area (TPSA) is 24.5 Å². The molecule has 1 aliphatic carbocycles. The van der Waals surface area contributed by atoms with Crippen LogP contribution < -0.4 is 5.32 Å². The van der Waals surface area contributed by atoms with E-state index < -0.39 is 0 Å². The van der Waals surface area contributed by atoms with Gasteiger partial charge in [-0.05, 0) is 31.0 Å². The summed E-state index contributed by atoms with van der Waals surface area (Å²) in [4.78, 5) is 2.51. The molecule has 1 fully saturated rings. The molecule has 2 rings (SSSR count). The van der Waals surface area contributed by atoms with Crippen LogP contribution in [0.2, 0.25) is 0 Å². The number of nitrogens with one attached hydrogen (secondary N) is 1. The summed E-state index contributed by atoms with van der Waals surface area (Å²) >= 11 is 0. The van der Waals surface area contributed by atoms with Crippen molar-refractivity contribution in [1.82, 2.24) is 10.2 Å². The minimum Gasteiger partial charge on any atom is -0.380 e. The van der Waals surface area contributed by atoms with E-state index in [1.165, 1.54) is 36.8 Å². The second-order valence-corrected chi connectivity index (χ2v) is 5.80. The Morgan fingerprint density at radius 3 is 2.60 bits per heavy atom. The van der Waals surface area contributed by atoms with E-state index in [2.05, 4.69) is 41.5 Å². The van der Waals surface area contributed by atoms with Crippen LogP contribution in [0.25, 0.3) is 0 Å². The predicted octanol–water partition coefficient (Wildman–Crippen LogP) is 2.80. The lowest BCUT2D eigenvalue weighted by Gasteiger charge is -2.24. The summed E-state index contributed by atoms with van der Waals surface area (Å²) in [6, 6.07) is 9.32. The fourth-order valence-electron chi connectivity index (χ4n) is 3.03. The van der Waals surface area contributed by atoms with Crippen molar-refractivity contribution in [3.05, 3.63) is 35.4 Å². The van der Waals surface area contributed by atoms with E-state index >= 15 is 0 Å². The Hall–Kier alpha value is -0.900. The van der Waals surface area contributed by atoms with Gasteiger partial charge in [-0.25, -0.2) is 0 Å². The number of methoxy groups -OCH3 is 1. The predicted molar refractivity (Wildman–Crippen MR) is 83.7 cm³/mol. The van der Waals surface area contributed by atoms with E-state index in [9.17, 15) is 0 Å². The van der Waals surface area contributed by atoms with Gasteiger partial charge in [-0.3, -0.25) is 0 Å². The summed E-state index contributed by atoms with van der Waals surface area (Å²) in [6.45, 7) is 3.81. The molecule has 1 aromatic rings. The molecule has 0 saturated heterocycles. The van der Waals surface area contributed by atoms with Crippen LogP contribution in [0.5, 0.6) is 0 Å². The second kappa shape index (κ2) is 8.40. The van der Waals surface area contributed by atoms with E-state index in [4.69, 9.17) is 4.74 Å². The van der Waals surface area contributed by atoms with Crippen LogP contribution in [0.4, 0.5) is 0 Å². The molecule has 0 radical (unpaired) electrons. The van der Waals surface area contributed by atoms with Crippen molar-refractivity contribution in [3.63, 3.8) is 0 Å². The SMILES string of the molecule is COCc1ccccc1CNCCN(C)C1CCCC1. The third-order valence-corrected chi connectivity index (χ3v) is 4.32. The minimum absolute atomic E-state index is 0.694. The zero-order chi connectivity index (χ0) is 14.2. The largest absolute Gasteiger partial charge is 0.380 e. The molecule has 1 N–H and O–H groups in total. The fraction of sp³-hybridized carbons (Fsp3) is 0.647. The number of ether oxygens (including phenoxy) is 1. The highest BCUT2D eigenvalue weighted by molar-refractivity contribution is 5.26. The highest BCUT2D eigenvalue weighted by atomic mass is 16.5. The lowest BCUT2D eigenvalue weighted by atomic mass is 10.1. The number of rotatable bonds is 8. The first-order chi connectivity index (χ1) is 9.81. The smallest absolute Gasteiger partial charge is 0.0716 e. The number of benzene rings is 1. The van der Waals surface area contributed by atoms with Gasteiger partial charge in [0.1, 0.15) is 0 Å². The van der Waals surface area contributed by atoms with Gasteiger partial charge in [0.2, 0.25) is 0 Å². The van der Waals surface area contributed by atoms with Crippen molar-refractivity contribution in [1.29, 1.82) is 0 Å². The van der Waals surface area contributed by atoms with Crippen molar-refractivity contribution >= 4 is 0 Å². The molecule has 0 heterocycles. The highest BCUT2D eigenvalue weighted by Gasteiger charge is 2.18. The zero-order valence-electron chi connectivity index (χ0n) is 12.9. The van der Waals surface area contributed by atoms with E-state index in [1.54, 1.807) is 7.11 Å². The van der Waals surface area contributed by atoms with Crippen LogP contribution in [-0.4, -0.2) is 38.2 Å². The third-order valence-electron chi connectivity index (χ3n) is 4.32. The average Bonchev–Trinajstić information content (AvgIpc) is 2.99. The molecule has 0 atom stereocenters. The van der Waals surface area contributed by atoms with Gasteiger partial charge in [0.05, 0.1) is 6.61 Å². The lowest BCUT2D eigenvalue weighted by molar-refractivity contribution is 0.184. The molecule has 0 aromatic heterocycles. The molecule has 0 spiro atoms. The minimum atomic E-state index is 0.694. The number of likely N-dealkylation sites (N-methyl/N-ethyl adjacent to an activating group) is 1. The molecular formula is C17H28N2O. The molecule has 1 aliphatic rings. The summed E-state index contributed by atoms with van der Waals surface area (Å²) in [5, 5.41) is 3.56. The van der Waals surface area contributed by atoms with E-state index in [1.807, 2.05) is 0 Å². The van der Waals surface area contributed by atoms with Crippen molar-refractivity contribution in [2.45, 2.75) is 44.9 Å². The van der Waals surface area contributed by atoms with E-state index in [0.29, 0.717) is 6.61 Å². The van der Waals surface area contributed by atoms with Crippen LogP contribution >= 0.6 is 0 Å². The van der Waals surface area contributed by atoms with E-state index in [-0.39, 0.29) is 0 Å². The fourth-order valence-corrected chi connectivity index (χ4v) is 3.03. The van der Waals surface area contributed by atoms with Gasteiger partial charge in [0, 0.05) is 32.8 Å². The molecule has 112 valence electrons. The molecule has 3 nitrogen and oxygen atoms in total. The van der Waals surface area contributed by atoms with Gasteiger partial charge in [-0.2, -0.15) is 0 Å². The summed E-state index contributed by atoms with van der Waals surface area (Å²) in [7, 11) is 4.01. The van der Waals surface area contributed by atoms with Crippen molar-refractivity contribution in [2.24, 2.45) is 0 Å². The van der Waals surface area contributed by atoms with E-state index in [0.717, 1.165) is 25.7 Å². The van der Waals surface area contributed by atoms with Crippen molar-refractivity contribution in [2.75, 3.05) is 27.2 Å². The quantitative estimate of drug-likeness (QED) is 0.739. The summed E-state index contributed by atoms with van der Waals surface area (Å²) in [6.07, 6.45) is 5.58. The van der Waals surface area contributed by atoms with Crippen LogP contribution in [0, 0.1) is 0 Å². The average molecular weight is 276 g/mol. The Kier molecular flexibility index (Phi) is 6.51. The number of hydrogen-bond donors (Lipinski definition) is 1. The van der Waals surface area contributed by atoms with Crippen LogP contribution in [-0.2, 0) is 17.9 Å². The second-order valence-electron chi connectivity index (χ2n) is 5.80. The highest BCUT2D eigenvalue weighted by Crippen LogP contribution is 2.21. The van der Waals surface area contributed by atoms with Gasteiger partial charge in [-0.1, -0.05) is 37.1 Å². The molecule has 1 saturated carbocycles. The van der Waals surface area contributed by atoms with Crippen LogP contribution in [0.1, 0.15) is 36.8 Å². The molecule has 0 bridgehead atoms. The maximum Gasteiger partial charge on any atom is 0.0716 e. The van der Waals surface area contributed by atoms with Crippen LogP contribution in [0.15, 0.2) is 24.3 Å². The van der Waals surface area contributed by atoms with Gasteiger partial charge >= 0.3 is 0 Å². The maximum absolute atomic E-state index is 5.24. The molecule has 0 aliphatic heterocycles. The lowest BCUT2D eigenvalue weighted by Crippen LogP contribution is -2.35. The van der Waals surface area contributed by atoms with Gasteiger partial charge < -0.3 is 15.0 Å². The summed E-state index contributed by atoms with van der Waals surface area (Å²) in [5.74, 6) is 0. The van der Waals surface area contributed by atoms with Crippen molar-refractivity contribution in [3.8, 4) is 0 Å². The van der Waals surface area contributed by atoms with Gasteiger partial charge in [0.25, 0.3) is 0 Å².